The highest BCUT2D eigenvalue weighted by Gasteiger charge is 2.33. The van der Waals surface area contributed by atoms with Crippen molar-refractivity contribution < 1.29 is 13.2 Å². The van der Waals surface area contributed by atoms with Gasteiger partial charge in [-0.3, -0.25) is 0 Å². The Kier molecular flexibility index (Phi) is 3.45. The molecule has 1 aromatic rings. The van der Waals surface area contributed by atoms with Gasteiger partial charge in [0.2, 0.25) is 0 Å². The Labute approximate surface area is 92.2 Å². The molecule has 0 bridgehead atoms. The molecule has 0 atom stereocenters. The molecule has 0 saturated carbocycles. The zero-order valence-electron chi connectivity index (χ0n) is 6.33. The smallest absolute Gasteiger partial charge is 0.166 e. The summed E-state index contributed by atoms with van der Waals surface area (Å²) in [5.74, 6) is 0. The van der Waals surface area contributed by atoms with Crippen molar-refractivity contribution in [1.82, 2.24) is 0 Å². The average Bonchev–Trinajstić information content (AvgIpc) is 2.02. The van der Waals surface area contributed by atoms with E-state index in [1.807, 2.05) is 22.6 Å². The molecule has 0 heterocycles. The van der Waals surface area contributed by atoms with E-state index < -0.39 is 11.7 Å². The summed E-state index contributed by atoms with van der Waals surface area (Å²) in [7, 11) is 0. The van der Waals surface area contributed by atoms with E-state index in [4.69, 9.17) is 11.6 Å². The summed E-state index contributed by atoms with van der Waals surface area (Å²) in [5, 5.41) is 0.171. The Bertz CT molecular complexity index is 309. The largest absolute Gasteiger partial charge is 0.416 e. The molecule has 0 aliphatic rings. The van der Waals surface area contributed by atoms with Gasteiger partial charge in [-0.2, -0.15) is 13.2 Å². The fourth-order valence-corrected chi connectivity index (χ4v) is 2.25. The lowest BCUT2D eigenvalue weighted by Gasteiger charge is -2.11. The van der Waals surface area contributed by atoms with Gasteiger partial charge in [-0.05, 0) is 17.7 Å². The molecule has 0 saturated heterocycles. The number of halogens is 5. The van der Waals surface area contributed by atoms with E-state index in [-0.39, 0.29) is 15.0 Å². The van der Waals surface area contributed by atoms with Crippen LogP contribution in [0.3, 0.4) is 0 Å². The maximum Gasteiger partial charge on any atom is 0.416 e. The van der Waals surface area contributed by atoms with Crippen molar-refractivity contribution in [2.24, 2.45) is 0 Å². The second-order valence-electron chi connectivity index (χ2n) is 2.40. The van der Waals surface area contributed by atoms with Crippen LogP contribution < -0.4 is 0 Å². The van der Waals surface area contributed by atoms with Gasteiger partial charge in [0.1, 0.15) is 0 Å². The van der Waals surface area contributed by atoms with E-state index in [1.54, 1.807) is 0 Å². The van der Waals surface area contributed by atoms with Crippen molar-refractivity contribution >= 4 is 34.2 Å². The maximum atomic E-state index is 12.4. The monoisotopic (exact) mass is 320 g/mol. The first kappa shape index (κ1) is 11.1. The summed E-state index contributed by atoms with van der Waals surface area (Å²) >= 11 is 7.49. The van der Waals surface area contributed by atoms with Gasteiger partial charge in [-0.1, -0.05) is 40.3 Å². The fraction of sp³-hybridized carbons (Fsp3) is 0.250. The highest BCUT2D eigenvalue weighted by Crippen LogP contribution is 2.35. The molecule has 1 rings (SSSR count). The average molecular weight is 320 g/mol. The number of hydrogen-bond donors (Lipinski definition) is 0. The van der Waals surface area contributed by atoms with Gasteiger partial charge in [0.05, 0.1) is 5.56 Å². The molecule has 13 heavy (non-hydrogen) atoms. The van der Waals surface area contributed by atoms with Crippen LogP contribution in [0.4, 0.5) is 13.2 Å². The molecule has 5 heteroatoms. The molecule has 0 aromatic heterocycles. The minimum absolute atomic E-state index is 0.150. The quantitative estimate of drug-likeness (QED) is 0.535. The molecular weight excluding hydrogens is 315 g/mol. The van der Waals surface area contributed by atoms with Crippen molar-refractivity contribution in [2.45, 2.75) is 10.6 Å². The van der Waals surface area contributed by atoms with Gasteiger partial charge in [0.15, 0.2) is 0 Å². The third-order valence-corrected chi connectivity index (χ3v) is 2.67. The summed E-state index contributed by atoms with van der Waals surface area (Å²) < 4.78 is 37.3. The number of rotatable bonds is 1. The third kappa shape index (κ3) is 2.49. The molecule has 0 aliphatic carbocycles. The lowest BCUT2D eigenvalue weighted by Crippen LogP contribution is -2.08. The molecule has 1 aromatic carbocycles. The van der Waals surface area contributed by atoms with Crippen LogP contribution >= 0.6 is 34.2 Å². The van der Waals surface area contributed by atoms with Crippen molar-refractivity contribution in [3.63, 3.8) is 0 Å². The molecule has 0 radical (unpaired) electrons. The zero-order chi connectivity index (χ0) is 10.1. The molecule has 0 N–H and O–H groups in total. The molecule has 72 valence electrons. The molecule has 0 unspecified atom stereocenters. The summed E-state index contributed by atoms with van der Waals surface area (Å²) in [6.45, 7) is 0. The second-order valence-corrected chi connectivity index (χ2v) is 3.57. The van der Waals surface area contributed by atoms with E-state index in [9.17, 15) is 13.2 Å². The van der Waals surface area contributed by atoms with Crippen molar-refractivity contribution in [1.29, 1.82) is 0 Å². The normalized spacial score (nSPS) is 11.8. The van der Waals surface area contributed by atoms with Gasteiger partial charge < -0.3 is 0 Å². The number of alkyl halides is 4. The Morgan fingerprint density at radius 3 is 2.31 bits per heavy atom. The highest BCUT2D eigenvalue weighted by molar-refractivity contribution is 14.1. The SMILES string of the molecule is FC(F)(F)c1cccc(Cl)c1CI. The molecule has 0 nitrogen and oxygen atoms in total. The van der Waals surface area contributed by atoms with E-state index >= 15 is 0 Å². The van der Waals surface area contributed by atoms with Crippen LogP contribution in [0.15, 0.2) is 18.2 Å². The fourth-order valence-electron chi connectivity index (χ4n) is 0.960. The van der Waals surface area contributed by atoms with Crippen LogP contribution in [0, 0.1) is 0 Å². The summed E-state index contributed by atoms with van der Waals surface area (Å²) in [4.78, 5) is 0. The first-order chi connectivity index (χ1) is 5.96. The van der Waals surface area contributed by atoms with E-state index in [0.29, 0.717) is 0 Å². The summed E-state index contributed by atoms with van der Waals surface area (Å²) in [6.07, 6.45) is -4.31. The third-order valence-electron chi connectivity index (χ3n) is 1.56. The number of hydrogen-bond acceptors (Lipinski definition) is 0. The van der Waals surface area contributed by atoms with E-state index in [2.05, 4.69) is 0 Å². The molecule has 0 spiro atoms. The number of benzene rings is 1. The van der Waals surface area contributed by atoms with E-state index in [1.165, 1.54) is 12.1 Å². The molecule has 0 aliphatic heterocycles. The van der Waals surface area contributed by atoms with E-state index in [0.717, 1.165) is 6.07 Å². The first-order valence-electron chi connectivity index (χ1n) is 3.37. The van der Waals surface area contributed by atoms with Crippen LogP contribution in [0.2, 0.25) is 5.02 Å². The van der Waals surface area contributed by atoms with Gasteiger partial charge in [-0.15, -0.1) is 0 Å². The van der Waals surface area contributed by atoms with Crippen molar-refractivity contribution in [2.75, 3.05) is 0 Å². The first-order valence-corrected chi connectivity index (χ1v) is 5.27. The predicted octanol–water partition coefficient (Wildman–Crippen LogP) is 4.29. The Hall–Kier alpha value is 0.0300. The Balaban J connectivity index is 3.29. The Morgan fingerprint density at radius 1 is 1.31 bits per heavy atom. The van der Waals surface area contributed by atoms with Crippen molar-refractivity contribution in [3.05, 3.63) is 34.3 Å². The lowest BCUT2D eigenvalue weighted by atomic mass is 10.1. The highest BCUT2D eigenvalue weighted by atomic mass is 127. The van der Waals surface area contributed by atoms with Crippen LogP contribution in [0.1, 0.15) is 11.1 Å². The maximum absolute atomic E-state index is 12.4. The summed E-state index contributed by atoms with van der Waals surface area (Å²) in [5.41, 5.74) is -0.494. The van der Waals surface area contributed by atoms with Crippen LogP contribution in [-0.4, -0.2) is 0 Å². The van der Waals surface area contributed by atoms with Gasteiger partial charge in [0, 0.05) is 9.45 Å². The van der Waals surface area contributed by atoms with Crippen LogP contribution in [0.25, 0.3) is 0 Å². The molecule has 0 amide bonds. The Morgan fingerprint density at radius 2 is 1.92 bits per heavy atom. The van der Waals surface area contributed by atoms with Crippen LogP contribution in [-0.2, 0) is 10.6 Å². The topological polar surface area (TPSA) is 0 Å². The zero-order valence-corrected chi connectivity index (χ0v) is 9.24. The van der Waals surface area contributed by atoms with Crippen LogP contribution in [0.5, 0.6) is 0 Å². The summed E-state index contributed by atoms with van der Waals surface area (Å²) in [6, 6.07) is 3.81. The molecule has 0 fully saturated rings. The minimum Gasteiger partial charge on any atom is -0.166 e. The van der Waals surface area contributed by atoms with Gasteiger partial charge in [0.25, 0.3) is 0 Å². The molecular formula is C8H5ClF3I. The minimum atomic E-state index is -4.31. The van der Waals surface area contributed by atoms with Gasteiger partial charge in [-0.25, -0.2) is 0 Å². The van der Waals surface area contributed by atoms with Gasteiger partial charge >= 0.3 is 6.18 Å². The standard InChI is InChI=1S/C8H5ClF3I/c9-7-3-1-2-6(5(7)4-13)8(10,11)12/h1-3H,4H2. The predicted molar refractivity (Wildman–Crippen MR) is 54.2 cm³/mol. The lowest BCUT2D eigenvalue weighted by molar-refractivity contribution is -0.138. The second kappa shape index (κ2) is 4.04. The van der Waals surface area contributed by atoms with Crippen molar-refractivity contribution in [3.8, 4) is 0 Å².